The molecule has 0 radical (unpaired) electrons. The van der Waals surface area contributed by atoms with Gasteiger partial charge in [0.05, 0.1) is 17.0 Å². The van der Waals surface area contributed by atoms with Crippen molar-refractivity contribution in [1.29, 1.82) is 0 Å². The number of rotatable bonds is 1. The number of hydrogen-bond donors (Lipinski definition) is 0. The Labute approximate surface area is 124 Å². The lowest BCUT2D eigenvalue weighted by Gasteiger charge is -2.52. The van der Waals surface area contributed by atoms with Crippen LogP contribution in [-0.4, -0.2) is 17.0 Å². The van der Waals surface area contributed by atoms with Gasteiger partial charge in [-0.3, -0.25) is 14.6 Å². The van der Waals surface area contributed by atoms with Gasteiger partial charge in [0.2, 0.25) is 0 Å². The first-order valence-corrected chi connectivity index (χ1v) is 7.45. The summed E-state index contributed by atoms with van der Waals surface area (Å²) in [4.78, 5) is 10.6. The molecule has 4 nitrogen and oxygen atoms in total. The molecule has 1 aromatic carbocycles. The molecule has 20 heavy (non-hydrogen) atoms. The molecule has 2 aliphatic heterocycles. The number of non-ortho nitro benzene ring substituents is 1. The van der Waals surface area contributed by atoms with Gasteiger partial charge < -0.3 is 12.6 Å². The van der Waals surface area contributed by atoms with Crippen LogP contribution in [0, 0.1) is 10.1 Å². The minimum atomic E-state index is -0.344. The highest BCUT2D eigenvalue weighted by molar-refractivity contribution is 7.63. The summed E-state index contributed by atoms with van der Waals surface area (Å²) >= 11 is 5.67. The zero-order chi connectivity index (χ0) is 14.5. The van der Waals surface area contributed by atoms with Crippen LogP contribution in [0.2, 0.25) is 0 Å². The van der Waals surface area contributed by atoms with E-state index in [1.165, 1.54) is 6.42 Å². The molecule has 1 fully saturated rings. The second-order valence-corrected chi connectivity index (χ2v) is 6.31. The van der Waals surface area contributed by atoms with Gasteiger partial charge in [-0.2, -0.15) is 0 Å². The maximum atomic E-state index is 10.9. The third-order valence-electron chi connectivity index (χ3n) is 4.90. The van der Waals surface area contributed by atoms with E-state index in [-0.39, 0.29) is 10.6 Å². The maximum Gasteiger partial charge on any atom is 0.270 e. The number of hydrogen-bond acceptors (Lipinski definition) is 3. The van der Waals surface area contributed by atoms with Crippen LogP contribution >= 0.6 is 0 Å². The number of nitrogens with zero attached hydrogens (tertiary/aromatic N) is 2. The Balaban J connectivity index is 2.18. The quantitative estimate of drug-likeness (QED) is 0.342. The Morgan fingerprint density at radius 3 is 2.55 bits per heavy atom. The van der Waals surface area contributed by atoms with E-state index in [2.05, 4.69) is 13.8 Å². The molecular weight excluding hydrogens is 272 g/mol. The Kier molecular flexibility index (Phi) is 3.06. The molecule has 3 rings (SSSR count). The Hall–Kier alpha value is -1.46. The van der Waals surface area contributed by atoms with Crippen LogP contribution in [-0.2, 0) is 12.6 Å². The van der Waals surface area contributed by atoms with E-state index >= 15 is 0 Å². The molecule has 2 aliphatic rings. The lowest BCUT2D eigenvalue weighted by molar-refractivity contribution is -0.384. The van der Waals surface area contributed by atoms with Crippen molar-refractivity contribution in [3.05, 3.63) is 38.9 Å². The number of piperidine rings is 1. The number of nitro benzene ring substituents is 1. The van der Waals surface area contributed by atoms with Crippen LogP contribution < -0.4 is 4.48 Å². The van der Waals surface area contributed by atoms with E-state index in [4.69, 9.17) is 12.6 Å². The average Bonchev–Trinajstić information content (AvgIpc) is 2.68. The Morgan fingerprint density at radius 1 is 1.30 bits per heavy atom. The molecule has 106 valence electrons. The van der Waals surface area contributed by atoms with Crippen LogP contribution in [0.3, 0.4) is 0 Å². The SMILES string of the molecule is CC1CCCC(C)[N+]12C([S-])=Cc1cc([N+](=O)[O-])ccc12. The highest BCUT2D eigenvalue weighted by Crippen LogP contribution is 2.48. The summed E-state index contributed by atoms with van der Waals surface area (Å²) in [6.45, 7) is 4.48. The van der Waals surface area contributed by atoms with E-state index in [0.29, 0.717) is 16.6 Å². The summed E-state index contributed by atoms with van der Waals surface area (Å²) in [6, 6.07) is 6.04. The number of quaternary nitrogens is 1. The van der Waals surface area contributed by atoms with Crippen molar-refractivity contribution in [3.63, 3.8) is 0 Å². The minimum absolute atomic E-state index is 0.139. The first-order valence-electron chi connectivity index (χ1n) is 7.04. The van der Waals surface area contributed by atoms with Crippen molar-refractivity contribution in [2.75, 3.05) is 0 Å². The van der Waals surface area contributed by atoms with Crippen LogP contribution in [0.1, 0.15) is 38.7 Å². The molecule has 1 saturated heterocycles. The van der Waals surface area contributed by atoms with E-state index in [1.54, 1.807) is 12.1 Å². The van der Waals surface area contributed by atoms with E-state index < -0.39 is 0 Å². The minimum Gasteiger partial charge on any atom is -0.721 e. The van der Waals surface area contributed by atoms with E-state index in [9.17, 15) is 10.1 Å². The fraction of sp³-hybridized carbons (Fsp3) is 0.467. The standard InChI is InChI=1S/C15H18N2O2S/c1-10-4-3-5-11(2)17(10)14-7-6-13(16(18)19)8-12(14)9-15(17)20/h6-11H,3-5H2,1-2H3. The lowest BCUT2D eigenvalue weighted by atomic mass is 9.93. The smallest absolute Gasteiger partial charge is 0.270 e. The second kappa shape index (κ2) is 4.53. The zero-order valence-corrected chi connectivity index (χ0v) is 12.5. The summed E-state index contributed by atoms with van der Waals surface area (Å²) in [5.74, 6) is 0. The van der Waals surface area contributed by atoms with Gasteiger partial charge in [0, 0.05) is 36.6 Å². The third kappa shape index (κ3) is 1.63. The number of nitro groups is 1. The van der Waals surface area contributed by atoms with Crippen molar-refractivity contribution in [1.82, 2.24) is 4.48 Å². The molecule has 0 aliphatic carbocycles. The molecule has 1 spiro atoms. The van der Waals surface area contributed by atoms with Crippen LogP contribution in [0.5, 0.6) is 0 Å². The molecule has 0 aromatic heterocycles. The molecule has 5 heteroatoms. The van der Waals surface area contributed by atoms with Crippen LogP contribution in [0.4, 0.5) is 11.4 Å². The largest absolute Gasteiger partial charge is 0.721 e. The van der Waals surface area contributed by atoms with Gasteiger partial charge >= 0.3 is 0 Å². The van der Waals surface area contributed by atoms with Crippen LogP contribution in [0.15, 0.2) is 23.2 Å². The molecule has 0 amide bonds. The molecule has 0 N–H and O–H groups in total. The first-order chi connectivity index (χ1) is 9.47. The highest BCUT2D eigenvalue weighted by Gasteiger charge is 2.47. The molecule has 0 bridgehead atoms. The molecule has 2 heterocycles. The van der Waals surface area contributed by atoms with Gasteiger partial charge in [0.1, 0.15) is 5.69 Å². The predicted molar refractivity (Wildman–Crippen MR) is 83.0 cm³/mol. The van der Waals surface area contributed by atoms with Crippen LogP contribution in [0.25, 0.3) is 6.08 Å². The van der Waals surface area contributed by atoms with Crippen molar-refractivity contribution >= 4 is 30.1 Å². The average molecular weight is 290 g/mol. The van der Waals surface area contributed by atoms with Gasteiger partial charge in [0.15, 0.2) is 0 Å². The maximum absolute atomic E-state index is 10.9. The van der Waals surface area contributed by atoms with Crippen molar-refractivity contribution in [2.45, 2.75) is 45.2 Å². The highest BCUT2D eigenvalue weighted by atomic mass is 32.1. The zero-order valence-electron chi connectivity index (χ0n) is 11.7. The van der Waals surface area contributed by atoms with Crippen molar-refractivity contribution in [2.24, 2.45) is 0 Å². The first kappa shape index (κ1) is 13.5. The fourth-order valence-corrected chi connectivity index (χ4v) is 4.51. The monoisotopic (exact) mass is 290 g/mol. The Morgan fingerprint density at radius 2 is 1.95 bits per heavy atom. The second-order valence-electron chi connectivity index (χ2n) is 5.89. The van der Waals surface area contributed by atoms with Gasteiger partial charge in [0.25, 0.3) is 5.69 Å². The van der Waals surface area contributed by atoms with Gasteiger partial charge in [-0.15, -0.1) is 0 Å². The van der Waals surface area contributed by atoms with Gasteiger partial charge in [-0.1, -0.05) is 0 Å². The fourth-order valence-electron chi connectivity index (χ4n) is 3.93. The van der Waals surface area contributed by atoms with Crippen molar-refractivity contribution < 1.29 is 4.92 Å². The molecule has 2 unspecified atom stereocenters. The third-order valence-corrected chi connectivity index (χ3v) is 5.32. The van der Waals surface area contributed by atoms with Gasteiger partial charge in [-0.25, -0.2) is 0 Å². The number of benzene rings is 1. The molecular formula is C15H18N2O2S. The molecule has 1 aromatic rings. The summed E-state index contributed by atoms with van der Waals surface area (Å²) in [5.41, 5.74) is 2.20. The van der Waals surface area contributed by atoms with Crippen molar-refractivity contribution in [3.8, 4) is 0 Å². The lowest BCUT2D eigenvalue weighted by Crippen LogP contribution is -2.60. The molecule has 2 atom stereocenters. The topological polar surface area (TPSA) is 43.1 Å². The van der Waals surface area contributed by atoms with E-state index in [1.807, 2.05) is 12.1 Å². The summed E-state index contributed by atoms with van der Waals surface area (Å²) in [6.07, 6.45) is 5.48. The van der Waals surface area contributed by atoms with Gasteiger partial charge in [-0.05, 0) is 31.4 Å². The summed E-state index contributed by atoms with van der Waals surface area (Å²) in [5, 5.41) is 11.8. The summed E-state index contributed by atoms with van der Waals surface area (Å²) < 4.78 is 0.711. The number of fused-ring (bicyclic) bond motifs is 2. The summed E-state index contributed by atoms with van der Waals surface area (Å²) in [7, 11) is 0. The van der Waals surface area contributed by atoms with E-state index in [0.717, 1.165) is 29.1 Å². The molecule has 0 saturated carbocycles. The Bertz CT molecular complexity index is 602. The normalized spacial score (nSPS) is 32.0. The predicted octanol–water partition coefficient (Wildman–Crippen LogP) is 3.72.